The van der Waals surface area contributed by atoms with Crippen LogP contribution in [0.5, 0.6) is 17.2 Å². The van der Waals surface area contributed by atoms with Crippen LogP contribution >= 0.6 is 50.1 Å². The van der Waals surface area contributed by atoms with Gasteiger partial charge in [0.05, 0.1) is 21.4 Å². The monoisotopic (exact) mass is 642 g/mol. The first-order chi connectivity index (χ1) is 16.0. The van der Waals surface area contributed by atoms with Crippen LogP contribution in [0, 0.1) is 3.57 Å². The van der Waals surface area contributed by atoms with Gasteiger partial charge in [-0.3, -0.25) is 4.79 Å². The maximum atomic E-state index is 12.0. The van der Waals surface area contributed by atoms with Crippen molar-refractivity contribution in [2.75, 3.05) is 13.2 Å². The topological polar surface area (TPSA) is 69.2 Å². The Morgan fingerprint density at radius 2 is 1.85 bits per heavy atom. The number of nitrogens with one attached hydrogen (secondary N) is 1. The molecular formula is C24H21BrClIN2O4. The summed E-state index contributed by atoms with van der Waals surface area (Å²) in [6, 6.07) is 18.6. The second-order valence-electron chi connectivity index (χ2n) is 6.69. The van der Waals surface area contributed by atoms with E-state index in [2.05, 4.69) is 49.0 Å². The zero-order chi connectivity index (χ0) is 23.6. The second-order valence-corrected chi connectivity index (χ2v) is 9.18. The van der Waals surface area contributed by atoms with E-state index >= 15 is 0 Å². The van der Waals surface area contributed by atoms with Gasteiger partial charge in [0.25, 0.3) is 5.91 Å². The van der Waals surface area contributed by atoms with Crippen molar-refractivity contribution in [2.24, 2.45) is 5.10 Å². The summed E-state index contributed by atoms with van der Waals surface area (Å²) in [5, 5.41) is 4.45. The number of nitrogens with zero attached hydrogens (tertiary/aromatic N) is 1. The normalized spacial score (nSPS) is 10.8. The molecule has 1 N–H and O–H groups in total. The summed E-state index contributed by atoms with van der Waals surface area (Å²) >= 11 is 11.6. The molecule has 0 spiro atoms. The lowest BCUT2D eigenvalue weighted by molar-refractivity contribution is -0.123. The fraction of sp³-hybridized carbons (Fsp3) is 0.167. The highest BCUT2D eigenvalue weighted by Gasteiger charge is 2.12. The van der Waals surface area contributed by atoms with E-state index < -0.39 is 5.91 Å². The fourth-order valence-corrected chi connectivity index (χ4v) is 3.95. The van der Waals surface area contributed by atoms with Crippen LogP contribution in [0.3, 0.4) is 0 Å². The Balaban J connectivity index is 1.61. The highest BCUT2D eigenvalue weighted by Crippen LogP contribution is 2.34. The molecule has 0 unspecified atom stereocenters. The molecule has 172 valence electrons. The van der Waals surface area contributed by atoms with E-state index in [9.17, 15) is 4.79 Å². The zero-order valence-corrected chi connectivity index (χ0v) is 22.2. The van der Waals surface area contributed by atoms with Gasteiger partial charge in [0, 0.05) is 4.47 Å². The van der Waals surface area contributed by atoms with Crippen molar-refractivity contribution in [3.8, 4) is 17.2 Å². The molecule has 0 bridgehead atoms. The van der Waals surface area contributed by atoms with Gasteiger partial charge in [-0.25, -0.2) is 5.43 Å². The van der Waals surface area contributed by atoms with E-state index in [1.165, 1.54) is 6.21 Å². The van der Waals surface area contributed by atoms with Gasteiger partial charge in [0.2, 0.25) is 0 Å². The van der Waals surface area contributed by atoms with Crippen LogP contribution in [0.15, 0.2) is 70.2 Å². The zero-order valence-electron chi connectivity index (χ0n) is 17.7. The maximum absolute atomic E-state index is 12.0. The van der Waals surface area contributed by atoms with Crippen molar-refractivity contribution in [1.82, 2.24) is 5.43 Å². The van der Waals surface area contributed by atoms with Crippen LogP contribution in [0.1, 0.15) is 18.1 Å². The van der Waals surface area contributed by atoms with Gasteiger partial charge in [0.15, 0.2) is 18.1 Å². The predicted molar refractivity (Wildman–Crippen MR) is 141 cm³/mol. The highest BCUT2D eigenvalue weighted by molar-refractivity contribution is 14.1. The first-order valence-corrected chi connectivity index (χ1v) is 12.2. The molecule has 0 aliphatic rings. The van der Waals surface area contributed by atoms with Crippen LogP contribution in [0.25, 0.3) is 0 Å². The number of halogens is 3. The van der Waals surface area contributed by atoms with Crippen molar-refractivity contribution < 1.29 is 19.0 Å². The largest absolute Gasteiger partial charge is 0.490 e. The van der Waals surface area contributed by atoms with Gasteiger partial charge < -0.3 is 14.2 Å². The maximum Gasteiger partial charge on any atom is 0.277 e. The van der Waals surface area contributed by atoms with Gasteiger partial charge >= 0.3 is 0 Å². The lowest BCUT2D eigenvalue weighted by Crippen LogP contribution is -2.24. The Bertz CT molecular complexity index is 1130. The minimum Gasteiger partial charge on any atom is -0.490 e. The molecular weight excluding hydrogens is 623 g/mol. The number of carbonyl (C=O) groups excluding carboxylic acids is 1. The minimum absolute atomic E-state index is 0.203. The Hall–Kier alpha value is -2.30. The molecule has 0 heterocycles. The molecule has 0 saturated heterocycles. The second kappa shape index (κ2) is 12.8. The first-order valence-electron chi connectivity index (χ1n) is 9.99. The quantitative estimate of drug-likeness (QED) is 0.162. The number of hydrogen-bond acceptors (Lipinski definition) is 5. The fourth-order valence-electron chi connectivity index (χ4n) is 2.72. The number of para-hydroxylation sites is 1. The lowest BCUT2D eigenvalue weighted by Gasteiger charge is -2.15. The third kappa shape index (κ3) is 7.90. The SMILES string of the molecule is CCOc1cc(/C=N\NC(=O)COc2ccccc2Cl)cc(I)c1OCc1ccc(Br)cc1. The Morgan fingerprint density at radius 3 is 2.58 bits per heavy atom. The van der Waals surface area contributed by atoms with Crippen LogP contribution in [0.4, 0.5) is 0 Å². The summed E-state index contributed by atoms with van der Waals surface area (Å²) in [5.74, 6) is 1.30. The number of ether oxygens (including phenoxy) is 3. The molecule has 0 aliphatic heterocycles. The number of hydrogen-bond donors (Lipinski definition) is 1. The summed E-state index contributed by atoms with van der Waals surface area (Å²) in [4.78, 5) is 12.0. The summed E-state index contributed by atoms with van der Waals surface area (Å²) in [6.45, 7) is 2.61. The van der Waals surface area contributed by atoms with Crippen molar-refractivity contribution in [3.63, 3.8) is 0 Å². The van der Waals surface area contributed by atoms with Crippen LogP contribution < -0.4 is 19.6 Å². The number of carbonyl (C=O) groups is 1. The molecule has 3 aromatic rings. The molecule has 0 aliphatic carbocycles. The summed E-state index contributed by atoms with van der Waals surface area (Å²) in [7, 11) is 0. The van der Waals surface area contributed by atoms with Gasteiger partial charge in [0.1, 0.15) is 12.4 Å². The Morgan fingerprint density at radius 1 is 1.09 bits per heavy atom. The van der Waals surface area contributed by atoms with E-state index in [0.29, 0.717) is 35.5 Å². The predicted octanol–water partition coefficient (Wildman–Crippen LogP) is 6.21. The van der Waals surface area contributed by atoms with Crippen molar-refractivity contribution in [2.45, 2.75) is 13.5 Å². The number of amides is 1. The van der Waals surface area contributed by atoms with Gasteiger partial charge in [-0.1, -0.05) is 51.8 Å². The van der Waals surface area contributed by atoms with E-state index in [1.54, 1.807) is 24.3 Å². The third-order valence-corrected chi connectivity index (χ3v) is 5.87. The van der Waals surface area contributed by atoms with E-state index in [0.717, 1.165) is 19.2 Å². The third-order valence-electron chi connectivity index (χ3n) is 4.23. The summed E-state index contributed by atoms with van der Waals surface area (Å²) in [6.07, 6.45) is 1.54. The molecule has 0 atom stereocenters. The Labute approximate surface area is 219 Å². The molecule has 1 amide bonds. The smallest absolute Gasteiger partial charge is 0.277 e. The average molecular weight is 644 g/mol. The standard InChI is InChI=1S/C24H21BrClIN2O4/c1-2-31-22-12-17(11-20(27)24(22)33-14-16-7-9-18(25)10-8-16)13-28-29-23(30)15-32-21-6-4-3-5-19(21)26/h3-13H,2,14-15H2,1H3,(H,29,30)/b28-13-. The number of hydrazone groups is 1. The highest BCUT2D eigenvalue weighted by atomic mass is 127. The molecule has 33 heavy (non-hydrogen) atoms. The molecule has 6 nitrogen and oxygen atoms in total. The van der Waals surface area contributed by atoms with Crippen LogP contribution in [0.2, 0.25) is 5.02 Å². The molecule has 0 fully saturated rings. The summed E-state index contributed by atoms with van der Waals surface area (Å²) < 4.78 is 19.1. The average Bonchev–Trinajstić information content (AvgIpc) is 2.79. The summed E-state index contributed by atoms with van der Waals surface area (Å²) in [5.41, 5.74) is 4.24. The van der Waals surface area contributed by atoms with E-state index in [1.807, 2.05) is 43.3 Å². The minimum atomic E-state index is -0.402. The van der Waals surface area contributed by atoms with Crippen LogP contribution in [-0.2, 0) is 11.4 Å². The van der Waals surface area contributed by atoms with Crippen LogP contribution in [-0.4, -0.2) is 25.3 Å². The lowest BCUT2D eigenvalue weighted by atomic mass is 10.2. The Kier molecular flexibility index (Phi) is 9.83. The van der Waals surface area contributed by atoms with E-state index in [4.69, 9.17) is 25.8 Å². The molecule has 3 aromatic carbocycles. The molecule has 9 heteroatoms. The van der Waals surface area contributed by atoms with Crippen molar-refractivity contribution >= 4 is 62.2 Å². The molecule has 0 radical (unpaired) electrons. The molecule has 3 rings (SSSR count). The van der Waals surface area contributed by atoms with Gasteiger partial charge in [-0.2, -0.15) is 5.10 Å². The first kappa shape index (κ1) is 25.3. The number of benzene rings is 3. The van der Waals surface area contributed by atoms with Crippen molar-refractivity contribution in [1.29, 1.82) is 0 Å². The molecule has 0 aromatic heterocycles. The number of rotatable bonds is 10. The van der Waals surface area contributed by atoms with E-state index in [-0.39, 0.29) is 6.61 Å². The van der Waals surface area contributed by atoms with Gasteiger partial charge in [-0.05, 0) is 77.0 Å². The van der Waals surface area contributed by atoms with Gasteiger partial charge in [-0.15, -0.1) is 0 Å². The van der Waals surface area contributed by atoms with Crippen molar-refractivity contribution in [3.05, 3.63) is 84.9 Å². The molecule has 0 saturated carbocycles.